The molecular weight excluding hydrogens is 398 g/mol. The number of carbonyl (C=O) groups excluding carboxylic acids is 1. The van der Waals surface area contributed by atoms with Crippen molar-refractivity contribution in [2.24, 2.45) is 5.92 Å². The summed E-state index contributed by atoms with van der Waals surface area (Å²) < 4.78 is 0.858. The second kappa shape index (κ2) is 7.31. The first-order valence-electron chi connectivity index (χ1n) is 7.45. The number of hydrogen-bond donors (Lipinski definition) is 2. The van der Waals surface area contributed by atoms with E-state index in [1.54, 1.807) is 12.3 Å². The predicted molar refractivity (Wildman–Crippen MR) is 95.4 cm³/mol. The molecule has 0 atom stereocenters. The summed E-state index contributed by atoms with van der Waals surface area (Å²) in [5, 5.41) is 9.04. The molecule has 0 saturated carbocycles. The fraction of sp³-hybridized carbons (Fsp3) is 0.333. The Morgan fingerprint density at radius 2 is 2.08 bits per heavy atom. The fourth-order valence-corrected chi connectivity index (χ4v) is 3.10. The van der Waals surface area contributed by atoms with Gasteiger partial charge in [0.25, 0.3) is 5.56 Å². The number of H-pyrrole nitrogens is 1. The quantitative estimate of drug-likeness (QED) is 0.808. The van der Waals surface area contributed by atoms with Crippen molar-refractivity contribution < 1.29 is 4.79 Å². The van der Waals surface area contributed by atoms with Gasteiger partial charge >= 0.3 is 0 Å². The van der Waals surface area contributed by atoms with E-state index < -0.39 is 5.56 Å². The van der Waals surface area contributed by atoms with Crippen molar-refractivity contribution in [1.29, 1.82) is 0 Å². The lowest BCUT2D eigenvalue weighted by Crippen LogP contribution is -2.39. The molecule has 3 rings (SSSR count). The number of carbonyl (C=O) groups is 1. The molecule has 1 aliphatic rings. The van der Waals surface area contributed by atoms with Crippen molar-refractivity contribution >= 4 is 44.9 Å². The van der Waals surface area contributed by atoms with E-state index in [4.69, 9.17) is 11.6 Å². The Kier molecular flexibility index (Phi) is 5.15. The van der Waals surface area contributed by atoms with Gasteiger partial charge in [0, 0.05) is 29.7 Å². The molecule has 7 nitrogen and oxygen atoms in total. The second-order valence-corrected chi connectivity index (χ2v) is 6.80. The minimum atomic E-state index is -0.407. The van der Waals surface area contributed by atoms with Crippen LogP contribution in [0.4, 0.5) is 11.5 Å². The van der Waals surface area contributed by atoms with Crippen molar-refractivity contribution in [3.05, 3.63) is 44.4 Å². The fourth-order valence-electron chi connectivity index (χ4n) is 2.66. The largest absolute Gasteiger partial charge is 0.369 e. The molecule has 1 amide bonds. The number of aromatic nitrogens is 3. The monoisotopic (exact) mass is 411 g/mol. The highest BCUT2D eigenvalue weighted by molar-refractivity contribution is 9.10. The van der Waals surface area contributed by atoms with Crippen LogP contribution in [-0.2, 0) is 4.79 Å². The minimum absolute atomic E-state index is 0.0420. The third-order valence-electron chi connectivity index (χ3n) is 3.96. The Morgan fingerprint density at radius 1 is 1.33 bits per heavy atom. The summed E-state index contributed by atoms with van der Waals surface area (Å²) >= 11 is 9.34. The third kappa shape index (κ3) is 3.76. The summed E-state index contributed by atoms with van der Waals surface area (Å²) in [6.07, 6.45) is 4.52. The van der Waals surface area contributed by atoms with Gasteiger partial charge in [-0.05, 0) is 40.9 Å². The number of hydrogen-bond acceptors (Lipinski definition) is 5. The standard InChI is InChI=1S/C15H15BrClN5O2/c16-10-1-2-12(18-7-10)20-14(23)9-3-5-22(6-4-9)11-8-19-21-15(24)13(11)17/h1-2,7-9H,3-6H2,(H,21,24)(H,18,20,23). The zero-order chi connectivity index (χ0) is 17.1. The number of rotatable bonds is 3. The highest BCUT2D eigenvalue weighted by Crippen LogP contribution is 2.27. The lowest BCUT2D eigenvalue weighted by atomic mass is 9.95. The van der Waals surface area contributed by atoms with E-state index in [0.717, 1.165) is 4.47 Å². The van der Waals surface area contributed by atoms with Crippen LogP contribution in [0.5, 0.6) is 0 Å². The molecule has 0 aliphatic carbocycles. The lowest BCUT2D eigenvalue weighted by molar-refractivity contribution is -0.120. The Bertz CT molecular complexity index is 787. The highest BCUT2D eigenvalue weighted by Gasteiger charge is 2.26. The van der Waals surface area contributed by atoms with Crippen molar-refractivity contribution in [3.63, 3.8) is 0 Å². The highest BCUT2D eigenvalue weighted by atomic mass is 79.9. The third-order valence-corrected chi connectivity index (χ3v) is 4.80. The number of aromatic amines is 1. The number of piperidine rings is 1. The average Bonchev–Trinajstić information content (AvgIpc) is 2.59. The molecule has 1 aliphatic heterocycles. The van der Waals surface area contributed by atoms with Gasteiger partial charge in [0.2, 0.25) is 5.91 Å². The molecule has 126 valence electrons. The van der Waals surface area contributed by atoms with Gasteiger partial charge in [-0.1, -0.05) is 11.6 Å². The topological polar surface area (TPSA) is 91.0 Å². The van der Waals surface area contributed by atoms with Crippen LogP contribution < -0.4 is 15.8 Å². The predicted octanol–water partition coefficient (Wildman–Crippen LogP) is 2.44. The van der Waals surface area contributed by atoms with Gasteiger partial charge < -0.3 is 10.2 Å². The summed E-state index contributed by atoms with van der Waals surface area (Å²) in [7, 11) is 0. The smallest absolute Gasteiger partial charge is 0.285 e. The van der Waals surface area contributed by atoms with E-state index in [-0.39, 0.29) is 16.8 Å². The Morgan fingerprint density at radius 3 is 2.75 bits per heavy atom. The summed E-state index contributed by atoms with van der Waals surface area (Å²) in [4.78, 5) is 30.0. The maximum absolute atomic E-state index is 12.3. The van der Waals surface area contributed by atoms with Crippen LogP contribution in [0.1, 0.15) is 12.8 Å². The Balaban J connectivity index is 1.60. The SMILES string of the molecule is O=C(Nc1ccc(Br)cn1)C1CCN(c2cn[nH]c(=O)c2Cl)CC1. The molecule has 1 fully saturated rings. The molecular formula is C15H15BrClN5O2. The molecule has 2 aromatic heterocycles. The van der Waals surface area contributed by atoms with E-state index in [1.807, 2.05) is 11.0 Å². The molecule has 2 N–H and O–H groups in total. The van der Waals surface area contributed by atoms with Gasteiger partial charge in [-0.25, -0.2) is 10.1 Å². The summed E-state index contributed by atoms with van der Waals surface area (Å²) in [5.41, 5.74) is 0.198. The van der Waals surface area contributed by atoms with Crippen LogP contribution in [0, 0.1) is 5.92 Å². The minimum Gasteiger partial charge on any atom is -0.369 e. The van der Waals surface area contributed by atoms with Crippen LogP contribution in [0.2, 0.25) is 5.02 Å². The van der Waals surface area contributed by atoms with Crippen molar-refractivity contribution in [3.8, 4) is 0 Å². The number of amides is 1. The van der Waals surface area contributed by atoms with E-state index in [2.05, 4.69) is 36.4 Å². The average molecular weight is 413 g/mol. The van der Waals surface area contributed by atoms with Crippen LogP contribution in [0.15, 0.2) is 33.8 Å². The van der Waals surface area contributed by atoms with Gasteiger partial charge in [-0.2, -0.15) is 5.10 Å². The first-order valence-corrected chi connectivity index (χ1v) is 8.62. The Labute approximate surface area is 151 Å². The van der Waals surface area contributed by atoms with Crippen molar-refractivity contribution in [2.75, 3.05) is 23.3 Å². The van der Waals surface area contributed by atoms with Crippen LogP contribution >= 0.6 is 27.5 Å². The zero-order valence-corrected chi connectivity index (χ0v) is 15.0. The molecule has 0 bridgehead atoms. The van der Waals surface area contributed by atoms with Crippen LogP contribution in [-0.4, -0.2) is 34.2 Å². The van der Waals surface area contributed by atoms with E-state index >= 15 is 0 Å². The lowest BCUT2D eigenvalue weighted by Gasteiger charge is -2.32. The molecule has 2 aromatic rings. The Hall–Kier alpha value is -1.93. The van der Waals surface area contributed by atoms with E-state index in [0.29, 0.717) is 37.4 Å². The van der Waals surface area contributed by atoms with Crippen molar-refractivity contribution in [1.82, 2.24) is 15.2 Å². The molecule has 24 heavy (non-hydrogen) atoms. The molecule has 0 unspecified atom stereocenters. The second-order valence-electron chi connectivity index (χ2n) is 5.51. The van der Waals surface area contributed by atoms with Crippen molar-refractivity contribution in [2.45, 2.75) is 12.8 Å². The van der Waals surface area contributed by atoms with Crippen LogP contribution in [0.3, 0.4) is 0 Å². The number of anilines is 2. The van der Waals surface area contributed by atoms with Gasteiger partial charge in [0.15, 0.2) is 0 Å². The maximum Gasteiger partial charge on any atom is 0.285 e. The van der Waals surface area contributed by atoms with Gasteiger partial charge in [-0.15, -0.1) is 0 Å². The molecule has 3 heterocycles. The number of halogens is 2. The van der Waals surface area contributed by atoms with Gasteiger partial charge in [0.05, 0.1) is 11.9 Å². The van der Waals surface area contributed by atoms with Gasteiger partial charge in [-0.3, -0.25) is 9.59 Å². The summed E-state index contributed by atoms with van der Waals surface area (Å²) in [6, 6.07) is 3.58. The van der Waals surface area contributed by atoms with Crippen LogP contribution in [0.25, 0.3) is 0 Å². The first kappa shape index (κ1) is 16.9. The van der Waals surface area contributed by atoms with E-state index in [1.165, 1.54) is 6.20 Å². The molecule has 0 spiro atoms. The summed E-state index contributed by atoms with van der Waals surface area (Å²) in [5.74, 6) is 0.396. The van der Waals surface area contributed by atoms with Gasteiger partial charge in [0.1, 0.15) is 10.8 Å². The molecule has 1 saturated heterocycles. The van der Waals surface area contributed by atoms with E-state index in [9.17, 15) is 9.59 Å². The maximum atomic E-state index is 12.3. The normalized spacial score (nSPS) is 15.3. The summed E-state index contributed by atoms with van der Waals surface area (Å²) in [6.45, 7) is 1.27. The number of pyridine rings is 1. The number of nitrogens with one attached hydrogen (secondary N) is 2. The number of nitrogens with zero attached hydrogens (tertiary/aromatic N) is 3. The molecule has 0 radical (unpaired) electrons. The first-order chi connectivity index (χ1) is 11.5. The zero-order valence-electron chi connectivity index (χ0n) is 12.6. The molecule has 0 aromatic carbocycles. The molecule has 9 heteroatoms.